The van der Waals surface area contributed by atoms with Crippen molar-refractivity contribution >= 4 is 43.1 Å². The smallest absolute Gasteiger partial charge is 0.127 e. The summed E-state index contributed by atoms with van der Waals surface area (Å²) in [7, 11) is 0. The Morgan fingerprint density at radius 3 is 1.43 bits per heavy atom. The van der Waals surface area contributed by atoms with Gasteiger partial charge in [-0.3, -0.25) is 0 Å². The normalized spacial score (nSPS) is 11.5. The topological polar surface area (TPSA) is 29.5 Å². The molecule has 0 atom stereocenters. The Morgan fingerprint density at radius 2 is 0.841 bits per heavy atom. The van der Waals surface area contributed by atoms with Gasteiger partial charge in [0, 0.05) is 10.9 Å². The van der Waals surface area contributed by atoms with Crippen LogP contribution < -0.4 is 4.74 Å². The van der Waals surface area contributed by atoms with E-state index in [2.05, 4.69) is 152 Å². The summed E-state index contributed by atoms with van der Waals surface area (Å²) in [5.74, 6) is 0.763. The summed E-state index contributed by atoms with van der Waals surface area (Å²) >= 11 is 0. The molecule has 0 unspecified atom stereocenters. The highest BCUT2D eigenvalue weighted by Crippen LogP contribution is 2.47. The van der Waals surface area contributed by atoms with E-state index in [0.29, 0.717) is 0 Å². The van der Waals surface area contributed by atoms with Gasteiger partial charge in [0.05, 0.1) is 6.61 Å². The zero-order valence-corrected chi connectivity index (χ0v) is 24.2. The first-order valence-corrected chi connectivity index (χ1v) is 15.1. The predicted octanol–water partition coefficient (Wildman–Crippen LogP) is 10.7. The first-order valence-electron chi connectivity index (χ1n) is 15.1. The maximum Gasteiger partial charge on any atom is 0.127 e. The number of hydrogen-bond acceptors (Lipinski definition) is 2. The largest absolute Gasteiger partial charge is 0.491 e. The van der Waals surface area contributed by atoms with E-state index in [1.54, 1.807) is 0 Å². The maximum atomic E-state index is 9.79. The van der Waals surface area contributed by atoms with E-state index in [4.69, 9.17) is 4.74 Å². The van der Waals surface area contributed by atoms with Gasteiger partial charge in [0.15, 0.2) is 0 Å². The SMILES string of the molecule is OCCOc1ccc2cccc(-c3cccc4ccccc34)c2c1-c1cccc2cccc(-c3cccc4ccccc34)c12. The molecule has 44 heavy (non-hydrogen) atoms. The molecule has 0 amide bonds. The van der Waals surface area contributed by atoms with Crippen molar-refractivity contribution in [2.24, 2.45) is 0 Å². The summed E-state index contributed by atoms with van der Waals surface area (Å²) in [5.41, 5.74) is 6.87. The molecule has 0 spiro atoms. The lowest BCUT2D eigenvalue weighted by molar-refractivity contribution is 0.202. The molecular formula is C42H30O2. The lowest BCUT2D eigenvalue weighted by atomic mass is 9.85. The molecule has 1 N–H and O–H groups in total. The van der Waals surface area contributed by atoms with Gasteiger partial charge >= 0.3 is 0 Å². The van der Waals surface area contributed by atoms with Crippen molar-refractivity contribution in [3.8, 4) is 39.1 Å². The van der Waals surface area contributed by atoms with Crippen LogP contribution in [0.15, 0.2) is 152 Å². The Hall–Kier alpha value is -5.44. The fourth-order valence-corrected chi connectivity index (χ4v) is 6.82. The Morgan fingerprint density at radius 1 is 0.386 bits per heavy atom. The third-order valence-electron chi connectivity index (χ3n) is 8.69. The molecule has 0 fully saturated rings. The Kier molecular flexibility index (Phi) is 6.55. The van der Waals surface area contributed by atoms with Crippen molar-refractivity contribution in [2.75, 3.05) is 13.2 Å². The van der Waals surface area contributed by atoms with E-state index >= 15 is 0 Å². The highest BCUT2D eigenvalue weighted by atomic mass is 16.5. The van der Waals surface area contributed by atoms with Gasteiger partial charge in [-0.25, -0.2) is 0 Å². The van der Waals surface area contributed by atoms with Crippen LogP contribution >= 0.6 is 0 Å². The number of hydrogen-bond donors (Lipinski definition) is 1. The average molecular weight is 567 g/mol. The molecule has 210 valence electrons. The second kappa shape index (κ2) is 11.0. The van der Waals surface area contributed by atoms with E-state index in [0.717, 1.165) is 33.2 Å². The zero-order valence-electron chi connectivity index (χ0n) is 24.2. The first kappa shape index (κ1) is 26.2. The second-order valence-corrected chi connectivity index (χ2v) is 11.2. The summed E-state index contributed by atoms with van der Waals surface area (Å²) in [5, 5.41) is 19.3. The van der Waals surface area contributed by atoms with Crippen LogP contribution in [0.4, 0.5) is 0 Å². The second-order valence-electron chi connectivity index (χ2n) is 11.2. The van der Waals surface area contributed by atoms with Crippen LogP contribution in [0.3, 0.4) is 0 Å². The molecule has 0 radical (unpaired) electrons. The fourth-order valence-electron chi connectivity index (χ4n) is 6.82. The van der Waals surface area contributed by atoms with Gasteiger partial charge in [-0.2, -0.15) is 0 Å². The summed E-state index contributed by atoms with van der Waals surface area (Å²) in [6.45, 7) is 0.162. The van der Waals surface area contributed by atoms with Gasteiger partial charge in [-0.05, 0) is 71.6 Å². The molecule has 0 bridgehead atoms. The predicted molar refractivity (Wildman–Crippen MR) is 185 cm³/mol. The number of aliphatic hydroxyl groups is 1. The van der Waals surface area contributed by atoms with Crippen molar-refractivity contribution < 1.29 is 9.84 Å². The summed E-state index contributed by atoms with van der Waals surface area (Å²) in [4.78, 5) is 0. The molecule has 8 aromatic rings. The number of rotatable bonds is 6. The van der Waals surface area contributed by atoms with Crippen LogP contribution in [-0.2, 0) is 0 Å². The minimum Gasteiger partial charge on any atom is -0.491 e. The lowest BCUT2D eigenvalue weighted by Crippen LogP contribution is -2.03. The molecule has 8 aromatic carbocycles. The summed E-state index contributed by atoms with van der Waals surface area (Å²) in [6, 6.07) is 54.1. The number of aliphatic hydroxyl groups excluding tert-OH is 1. The highest BCUT2D eigenvalue weighted by Gasteiger charge is 2.20. The molecule has 0 saturated carbocycles. The molecule has 0 aliphatic carbocycles. The molecule has 0 aliphatic heterocycles. The van der Waals surface area contributed by atoms with E-state index < -0.39 is 0 Å². The van der Waals surface area contributed by atoms with Gasteiger partial charge in [0.1, 0.15) is 12.4 Å². The molecular weight excluding hydrogens is 536 g/mol. The standard InChI is InChI=1S/C42H30O2/c43-26-27-44-39-25-24-31-16-8-22-37(35-20-6-13-29-11-2-4-18-33(29)35)41(31)42(39)38-23-9-15-30-14-7-21-36(40(30)38)34-19-5-12-28-10-1-3-17-32(28)34/h1-25,43H,26-27H2. The van der Waals surface area contributed by atoms with Gasteiger partial charge in [0.25, 0.3) is 0 Å². The third kappa shape index (κ3) is 4.31. The van der Waals surface area contributed by atoms with E-state index in [-0.39, 0.29) is 13.2 Å². The van der Waals surface area contributed by atoms with Crippen LogP contribution in [0.5, 0.6) is 5.75 Å². The van der Waals surface area contributed by atoms with Crippen molar-refractivity contribution in [3.63, 3.8) is 0 Å². The lowest BCUT2D eigenvalue weighted by Gasteiger charge is -2.20. The van der Waals surface area contributed by atoms with Gasteiger partial charge in [-0.15, -0.1) is 0 Å². The van der Waals surface area contributed by atoms with E-state index in [1.165, 1.54) is 49.0 Å². The average Bonchev–Trinajstić information content (AvgIpc) is 3.09. The van der Waals surface area contributed by atoms with Gasteiger partial charge in [-0.1, -0.05) is 146 Å². The summed E-state index contributed by atoms with van der Waals surface area (Å²) < 4.78 is 6.34. The van der Waals surface area contributed by atoms with Gasteiger partial charge in [0.2, 0.25) is 0 Å². The number of ether oxygens (including phenoxy) is 1. The monoisotopic (exact) mass is 566 g/mol. The van der Waals surface area contributed by atoms with E-state index in [9.17, 15) is 5.11 Å². The quantitative estimate of drug-likeness (QED) is 0.217. The van der Waals surface area contributed by atoms with Crippen LogP contribution in [0.25, 0.3) is 76.5 Å². The molecule has 2 heteroatoms. The maximum absolute atomic E-state index is 9.79. The molecule has 0 aliphatic rings. The molecule has 0 aromatic heterocycles. The first-order chi connectivity index (χ1) is 21.8. The van der Waals surface area contributed by atoms with Crippen molar-refractivity contribution in [1.82, 2.24) is 0 Å². The van der Waals surface area contributed by atoms with Crippen molar-refractivity contribution in [2.45, 2.75) is 0 Å². The zero-order chi connectivity index (χ0) is 29.5. The Labute approximate surface area is 256 Å². The molecule has 0 heterocycles. The van der Waals surface area contributed by atoms with Crippen LogP contribution in [0.2, 0.25) is 0 Å². The molecule has 8 rings (SSSR count). The molecule has 0 saturated heterocycles. The Balaban J connectivity index is 1.51. The minimum absolute atomic E-state index is 0.0563. The third-order valence-corrected chi connectivity index (χ3v) is 8.69. The van der Waals surface area contributed by atoms with Crippen molar-refractivity contribution in [1.29, 1.82) is 0 Å². The minimum atomic E-state index is -0.0563. The summed E-state index contributed by atoms with van der Waals surface area (Å²) in [6.07, 6.45) is 0. The van der Waals surface area contributed by atoms with Gasteiger partial charge < -0.3 is 9.84 Å². The van der Waals surface area contributed by atoms with Crippen molar-refractivity contribution in [3.05, 3.63) is 152 Å². The number of benzene rings is 8. The van der Waals surface area contributed by atoms with Crippen LogP contribution in [0.1, 0.15) is 0 Å². The van der Waals surface area contributed by atoms with Crippen LogP contribution in [0, 0.1) is 0 Å². The number of fused-ring (bicyclic) bond motifs is 4. The highest BCUT2D eigenvalue weighted by molar-refractivity contribution is 6.18. The van der Waals surface area contributed by atoms with Crippen LogP contribution in [-0.4, -0.2) is 18.3 Å². The Bertz CT molecular complexity index is 2320. The molecule has 2 nitrogen and oxygen atoms in total. The van der Waals surface area contributed by atoms with E-state index in [1.807, 2.05) is 0 Å². The fraction of sp³-hybridized carbons (Fsp3) is 0.0476.